The summed E-state index contributed by atoms with van der Waals surface area (Å²) >= 11 is 0. The molecule has 0 heterocycles. The van der Waals surface area contributed by atoms with Gasteiger partial charge in [0, 0.05) is 28.3 Å². The summed E-state index contributed by atoms with van der Waals surface area (Å²) in [6.45, 7) is 1.62. The van der Waals surface area contributed by atoms with Crippen LogP contribution in [0, 0.1) is 5.82 Å². The van der Waals surface area contributed by atoms with Gasteiger partial charge in [-0.15, -0.1) is 0 Å². The third-order valence-electron chi connectivity index (χ3n) is 4.42. The van der Waals surface area contributed by atoms with Crippen LogP contribution in [0.3, 0.4) is 0 Å². The van der Waals surface area contributed by atoms with E-state index < -0.39 is 11.8 Å². The number of oxime groups is 2. The maximum Gasteiger partial charge on any atom is 0.360 e. The third-order valence-corrected chi connectivity index (χ3v) is 4.42. The SMILES string of the molecule is CO/N=C(\C(C)=C(/ON)c1ccccc1/C(=N\OC)C(=O)OC)c1ccc(OC)cc1F. The smallest absolute Gasteiger partial charge is 0.360 e. The van der Waals surface area contributed by atoms with Crippen LogP contribution in [0.2, 0.25) is 0 Å². The summed E-state index contributed by atoms with van der Waals surface area (Å²) in [5, 5.41) is 7.73. The average Bonchev–Trinajstić information content (AvgIpc) is 2.81. The second-order valence-corrected chi connectivity index (χ2v) is 6.20. The van der Waals surface area contributed by atoms with Crippen LogP contribution >= 0.6 is 0 Å². The summed E-state index contributed by atoms with van der Waals surface area (Å²) in [5.74, 6) is 4.70. The fourth-order valence-electron chi connectivity index (χ4n) is 2.96. The summed E-state index contributed by atoms with van der Waals surface area (Å²) in [6, 6.07) is 10.9. The van der Waals surface area contributed by atoms with Crippen molar-refractivity contribution in [2.24, 2.45) is 16.2 Å². The van der Waals surface area contributed by atoms with Gasteiger partial charge in [0.1, 0.15) is 31.5 Å². The first kappa shape index (κ1) is 24.4. The van der Waals surface area contributed by atoms with Crippen molar-refractivity contribution in [2.75, 3.05) is 28.4 Å². The van der Waals surface area contributed by atoms with Crippen LogP contribution in [0.15, 0.2) is 58.3 Å². The molecule has 0 aromatic heterocycles. The number of ether oxygens (including phenoxy) is 2. The van der Waals surface area contributed by atoms with E-state index in [0.717, 1.165) is 0 Å². The molecule has 9 nitrogen and oxygen atoms in total. The van der Waals surface area contributed by atoms with Crippen LogP contribution < -0.4 is 10.6 Å². The number of nitrogens with two attached hydrogens (primary N) is 1. The molecule has 10 heteroatoms. The fraction of sp³-hybridized carbons (Fsp3) is 0.227. The largest absolute Gasteiger partial charge is 0.497 e. The van der Waals surface area contributed by atoms with E-state index in [9.17, 15) is 9.18 Å². The van der Waals surface area contributed by atoms with Crippen molar-refractivity contribution >= 4 is 23.2 Å². The van der Waals surface area contributed by atoms with E-state index in [-0.39, 0.29) is 22.7 Å². The van der Waals surface area contributed by atoms with Gasteiger partial charge >= 0.3 is 5.97 Å². The highest BCUT2D eigenvalue weighted by Crippen LogP contribution is 2.28. The van der Waals surface area contributed by atoms with Crippen molar-refractivity contribution in [3.05, 3.63) is 70.5 Å². The molecule has 0 fully saturated rings. The van der Waals surface area contributed by atoms with Crippen LogP contribution in [-0.2, 0) is 24.0 Å². The van der Waals surface area contributed by atoms with Gasteiger partial charge in [-0.3, -0.25) is 0 Å². The molecule has 0 saturated heterocycles. The monoisotopic (exact) mass is 445 g/mol. The van der Waals surface area contributed by atoms with Crippen LogP contribution in [0.25, 0.3) is 5.76 Å². The van der Waals surface area contributed by atoms with Crippen molar-refractivity contribution in [3.8, 4) is 5.75 Å². The average molecular weight is 445 g/mol. The highest BCUT2D eigenvalue weighted by molar-refractivity contribution is 6.43. The first-order chi connectivity index (χ1) is 15.4. The normalized spacial score (nSPS) is 12.6. The molecule has 0 bridgehead atoms. The van der Waals surface area contributed by atoms with Crippen molar-refractivity contribution in [1.29, 1.82) is 0 Å². The molecule has 0 atom stereocenters. The molecule has 2 aromatic rings. The van der Waals surface area contributed by atoms with Crippen molar-refractivity contribution in [2.45, 2.75) is 6.92 Å². The van der Waals surface area contributed by atoms with Gasteiger partial charge in [0.15, 0.2) is 11.5 Å². The Labute approximate surface area is 184 Å². The molecular formula is C22H24FN3O6. The van der Waals surface area contributed by atoms with Gasteiger partial charge in [-0.2, -0.15) is 5.90 Å². The highest BCUT2D eigenvalue weighted by Gasteiger charge is 2.25. The van der Waals surface area contributed by atoms with E-state index in [1.165, 1.54) is 40.6 Å². The van der Waals surface area contributed by atoms with Gasteiger partial charge in [-0.1, -0.05) is 34.6 Å². The number of methoxy groups -OCH3 is 2. The Morgan fingerprint density at radius 3 is 2.06 bits per heavy atom. The van der Waals surface area contributed by atoms with Crippen molar-refractivity contribution < 1.29 is 33.2 Å². The lowest BCUT2D eigenvalue weighted by atomic mass is 9.95. The molecule has 0 unspecified atom stereocenters. The Bertz CT molecular complexity index is 1070. The second kappa shape index (κ2) is 11.5. The van der Waals surface area contributed by atoms with E-state index in [0.29, 0.717) is 22.4 Å². The lowest BCUT2D eigenvalue weighted by Gasteiger charge is -2.16. The number of esters is 1. The zero-order chi connectivity index (χ0) is 23.7. The number of carbonyl (C=O) groups is 1. The van der Waals surface area contributed by atoms with Crippen LogP contribution in [0.5, 0.6) is 5.75 Å². The Kier molecular flexibility index (Phi) is 8.72. The molecule has 2 N–H and O–H groups in total. The standard InChI is InChI=1S/C22H24FN3O6/c1-13(19(25-30-4)17-11-10-14(28-2)12-18(17)23)21(32-24)16-9-7-6-8-15(16)20(26-31-5)22(27)29-3/h6-12H,24H2,1-5H3/b21-13-,25-19+,26-20+. The summed E-state index contributed by atoms with van der Waals surface area (Å²) in [5.41, 5.74) is 1.13. The van der Waals surface area contributed by atoms with Crippen molar-refractivity contribution in [1.82, 2.24) is 0 Å². The molecule has 0 radical (unpaired) electrons. The Morgan fingerprint density at radius 2 is 1.53 bits per heavy atom. The maximum absolute atomic E-state index is 14.8. The molecule has 0 aliphatic rings. The predicted octanol–water partition coefficient (Wildman–Crippen LogP) is 3.03. The zero-order valence-electron chi connectivity index (χ0n) is 18.3. The lowest BCUT2D eigenvalue weighted by Crippen LogP contribution is -2.20. The van der Waals surface area contributed by atoms with Gasteiger partial charge in [-0.05, 0) is 19.1 Å². The fourth-order valence-corrected chi connectivity index (χ4v) is 2.96. The number of hydrogen-bond acceptors (Lipinski definition) is 9. The summed E-state index contributed by atoms with van der Waals surface area (Å²) < 4.78 is 24.6. The molecular weight excluding hydrogens is 421 g/mol. The van der Waals surface area contributed by atoms with E-state index in [1.807, 2.05) is 0 Å². The Hall–Kier alpha value is -3.92. The van der Waals surface area contributed by atoms with Gasteiger partial charge in [-0.25, -0.2) is 9.18 Å². The minimum atomic E-state index is -0.736. The first-order valence-electron chi connectivity index (χ1n) is 9.25. The molecule has 0 aliphatic heterocycles. The van der Waals surface area contributed by atoms with Crippen LogP contribution in [0.1, 0.15) is 23.6 Å². The number of rotatable bonds is 9. The molecule has 2 rings (SSSR count). The number of benzene rings is 2. The van der Waals surface area contributed by atoms with E-state index >= 15 is 0 Å². The predicted molar refractivity (Wildman–Crippen MR) is 116 cm³/mol. The Morgan fingerprint density at radius 1 is 0.906 bits per heavy atom. The molecule has 0 amide bonds. The van der Waals surface area contributed by atoms with Gasteiger partial charge in [0.05, 0.1) is 14.2 Å². The molecule has 0 spiro atoms. The third kappa shape index (κ3) is 5.22. The minimum absolute atomic E-state index is 0.0966. The van der Waals surface area contributed by atoms with Gasteiger partial charge in [0.25, 0.3) is 0 Å². The summed E-state index contributed by atoms with van der Waals surface area (Å²) in [6.07, 6.45) is 0. The quantitative estimate of drug-likeness (QED) is 0.273. The first-order valence-corrected chi connectivity index (χ1v) is 9.25. The molecule has 32 heavy (non-hydrogen) atoms. The number of hydrogen-bond donors (Lipinski definition) is 1. The van der Waals surface area contributed by atoms with E-state index in [4.69, 9.17) is 29.9 Å². The molecule has 0 aliphatic carbocycles. The summed E-state index contributed by atoms with van der Waals surface area (Å²) in [4.78, 5) is 27.2. The van der Waals surface area contributed by atoms with Crippen LogP contribution in [-0.4, -0.2) is 45.8 Å². The summed E-state index contributed by atoms with van der Waals surface area (Å²) in [7, 11) is 5.27. The lowest BCUT2D eigenvalue weighted by molar-refractivity contribution is -0.132. The molecule has 0 saturated carbocycles. The number of carbonyl (C=O) groups excluding carboxylic acids is 1. The van der Waals surface area contributed by atoms with Crippen molar-refractivity contribution in [3.63, 3.8) is 0 Å². The number of nitrogens with zero attached hydrogens (tertiary/aromatic N) is 2. The molecule has 2 aromatic carbocycles. The zero-order valence-corrected chi connectivity index (χ0v) is 18.3. The highest BCUT2D eigenvalue weighted by atomic mass is 19.1. The number of allylic oxidation sites excluding steroid dienone is 1. The maximum atomic E-state index is 14.8. The minimum Gasteiger partial charge on any atom is -0.497 e. The van der Waals surface area contributed by atoms with Gasteiger partial charge < -0.3 is 24.0 Å². The molecule has 170 valence electrons. The van der Waals surface area contributed by atoms with E-state index in [2.05, 4.69) is 10.3 Å². The Balaban J connectivity index is 2.75. The van der Waals surface area contributed by atoms with Crippen LogP contribution in [0.4, 0.5) is 4.39 Å². The van der Waals surface area contributed by atoms with E-state index in [1.54, 1.807) is 37.3 Å². The number of halogens is 1. The topological polar surface area (TPSA) is 114 Å². The second-order valence-electron chi connectivity index (χ2n) is 6.20. The van der Waals surface area contributed by atoms with Gasteiger partial charge in [0.2, 0.25) is 0 Å².